The van der Waals surface area contributed by atoms with Crippen LogP contribution in [0.3, 0.4) is 0 Å². The van der Waals surface area contributed by atoms with Gasteiger partial charge in [0, 0.05) is 5.56 Å². The second kappa shape index (κ2) is 6.93. The Morgan fingerprint density at radius 1 is 0.576 bits per heavy atom. The van der Waals surface area contributed by atoms with Gasteiger partial charge in [0.1, 0.15) is 5.56 Å². The van der Waals surface area contributed by atoms with Crippen LogP contribution in [0.25, 0.3) is 44.7 Å². The lowest BCUT2D eigenvalue weighted by atomic mass is 10.0. The van der Waals surface area contributed by atoms with Gasteiger partial charge in [-0.25, -0.2) is 4.98 Å². The zero-order chi connectivity index (χ0) is 23.6. The number of hydrogen-bond acceptors (Lipinski definition) is 11. The Balaban J connectivity index is 1.87. The summed E-state index contributed by atoms with van der Waals surface area (Å²) in [6.07, 6.45) is 0. The van der Waals surface area contributed by atoms with Gasteiger partial charge in [-0.05, 0) is 11.6 Å². The van der Waals surface area contributed by atoms with Crippen molar-refractivity contribution in [2.45, 2.75) is 0 Å². The van der Waals surface area contributed by atoms with E-state index in [4.69, 9.17) is 16.0 Å². The molecule has 0 spiro atoms. The fraction of sp³-hybridized carbons (Fsp3) is 0. The highest BCUT2D eigenvalue weighted by molar-refractivity contribution is 6.28. The number of aromatic hydroxyl groups is 7. The fourth-order valence-corrected chi connectivity index (χ4v) is 3.68. The summed E-state index contributed by atoms with van der Waals surface area (Å²) in [5.41, 5.74) is -1.01. The molecule has 2 heterocycles. The predicted octanol–water partition coefficient (Wildman–Crippen LogP) is 3.70. The van der Waals surface area contributed by atoms with Crippen LogP contribution in [0.5, 0.6) is 40.2 Å². The average molecular weight is 470 g/mol. The molecule has 33 heavy (non-hydrogen) atoms. The van der Waals surface area contributed by atoms with E-state index in [1.54, 1.807) is 30.3 Å². The Bertz CT molecular complexity index is 1600. The molecular weight excluding hydrogens is 458 g/mol. The highest BCUT2D eigenvalue weighted by Crippen LogP contribution is 2.58. The summed E-state index contributed by atoms with van der Waals surface area (Å²) in [7, 11) is 0. The molecule has 0 fully saturated rings. The molecule has 5 rings (SSSR count). The highest BCUT2D eigenvalue weighted by atomic mass is 35.5. The zero-order valence-corrected chi connectivity index (χ0v) is 16.9. The van der Waals surface area contributed by atoms with Crippen LogP contribution in [-0.4, -0.2) is 50.7 Å². The van der Waals surface area contributed by atoms with Crippen molar-refractivity contribution in [1.82, 2.24) is 15.0 Å². The summed E-state index contributed by atoms with van der Waals surface area (Å²) < 4.78 is 5.37. The number of furan rings is 1. The minimum atomic E-state index is -1.10. The third kappa shape index (κ3) is 2.79. The number of hydrogen-bond donors (Lipinski definition) is 7. The molecule has 0 aliphatic heterocycles. The monoisotopic (exact) mass is 469 g/mol. The maximum absolute atomic E-state index is 10.9. The van der Waals surface area contributed by atoms with E-state index >= 15 is 0 Å². The van der Waals surface area contributed by atoms with E-state index in [1.807, 2.05) is 0 Å². The summed E-state index contributed by atoms with van der Waals surface area (Å²) in [5, 5.41) is 71.0. The SMILES string of the molecule is Oc1c(O)c(O)c2c(oc3c(O)c(-c4nc(Cl)nc(-c5ccccc5)n4)c(O)c(O)c32)c1O. The summed E-state index contributed by atoms with van der Waals surface area (Å²) in [5.74, 6) is -6.90. The van der Waals surface area contributed by atoms with Crippen molar-refractivity contribution >= 4 is 33.5 Å². The summed E-state index contributed by atoms with van der Waals surface area (Å²) in [4.78, 5) is 12.1. The number of rotatable bonds is 2. The third-order valence-electron chi connectivity index (χ3n) is 5.05. The van der Waals surface area contributed by atoms with Crippen molar-refractivity contribution in [2.24, 2.45) is 0 Å². The second-order valence-electron chi connectivity index (χ2n) is 6.94. The highest BCUT2D eigenvalue weighted by Gasteiger charge is 2.31. The number of phenolic OH excluding ortho intramolecular Hbond substituents is 7. The van der Waals surface area contributed by atoms with E-state index in [2.05, 4.69) is 15.0 Å². The Kier molecular flexibility index (Phi) is 4.26. The molecule has 0 saturated heterocycles. The maximum Gasteiger partial charge on any atom is 0.226 e. The minimum absolute atomic E-state index is 0.110. The molecule has 7 N–H and O–H groups in total. The van der Waals surface area contributed by atoms with Gasteiger partial charge in [-0.1, -0.05) is 30.3 Å². The molecule has 0 saturated carbocycles. The van der Waals surface area contributed by atoms with Gasteiger partial charge in [-0.2, -0.15) is 9.97 Å². The minimum Gasteiger partial charge on any atom is -0.504 e. The number of nitrogens with zero attached hydrogens (tertiary/aromatic N) is 3. The fourth-order valence-electron chi connectivity index (χ4n) is 3.52. The second-order valence-corrected chi connectivity index (χ2v) is 7.28. The Morgan fingerprint density at radius 3 is 1.79 bits per heavy atom. The van der Waals surface area contributed by atoms with Gasteiger partial charge in [0.05, 0.1) is 10.8 Å². The van der Waals surface area contributed by atoms with Gasteiger partial charge in [0.15, 0.2) is 45.8 Å². The summed E-state index contributed by atoms with van der Waals surface area (Å²) in [6, 6.07) is 8.63. The number of phenols is 7. The molecule has 11 nitrogen and oxygen atoms in total. The quantitative estimate of drug-likeness (QED) is 0.147. The van der Waals surface area contributed by atoms with E-state index in [-0.39, 0.29) is 16.9 Å². The van der Waals surface area contributed by atoms with Crippen molar-refractivity contribution in [1.29, 1.82) is 0 Å². The molecule has 0 aliphatic carbocycles. The van der Waals surface area contributed by atoms with Crippen molar-refractivity contribution in [3.63, 3.8) is 0 Å². The predicted molar refractivity (Wildman–Crippen MR) is 115 cm³/mol. The first-order chi connectivity index (χ1) is 15.7. The van der Waals surface area contributed by atoms with E-state index in [0.29, 0.717) is 5.56 Å². The first kappa shape index (κ1) is 20.3. The van der Waals surface area contributed by atoms with Crippen LogP contribution in [0.1, 0.15) is 0 Å². The molecule has 3 aromatic carbocycles. The average Bonchev–Trinajstić information content (AvgIpc) is 3.22. The third-order valence-corrected chi connectivity index (χ3v) is 5.22. The topological polar surface area (TPSA) is 193 Å². The molecule has 0 bridgehead atoms. The molecule has 0 radical (unpaired) electrons. The van der Waals surface area contributed by atoms with Crippen LogP contribution in [0, 0.1) is 0 Å². The number of fused-ring (bicyclic) bond motifs is 3. The van der Waals surface area contributed by atoms with Crippen LogP contribution in [0.2, 0.25) is 5.28 Å². The molecule has 0 aliphatic rings. The van der Waals surface area contributed by atoms with Gasteiger partial charge >= 0.3 is 0 Å². The Morgan fingerprint density at radius 2 is 1.12 bits per heavy atom. The van der Waals surface area contributed by atoms with Crippen molar-refractivity contribution in [2.75, 3.05) is 0 Å². The van der Waals surface area contributed by atoms with Gasteiger partial charge < -0.3 is 40.2 Å². The van der Waals surface area contributed by atoms with Crippen LogP contribution in [0.4, 0.5) is 0 Å². The zero-order valence-electron chi connectivity index (χ0n) is 16.1. The van der Waals surface area contributed by atoms with Crippen LogP contribution >= 0.6 is 11.6 Å². The Hall–Kier alpha value is -4.64. The number of halogens is 1. The maximum atomic E-state index is 10.9. The van der Waals surface area contributed by atoms with Crippen LogP contribution in [0.15, 0.2) is 34.7 Å². The lowest BCUT2D eigenvalue weighted by Crippen LogP contribution is -1.98. The molecule has 166 valence electrons. The largest absolute Gasteiger partial charge is 0.504 e. The van der Waals surface area contributed by atoms with E-state index in [9.17, 15) is 35.7 Å². The smallest absolute Gasteiger partial charge is 0.226 e. The molecule has 0 atom stereocenters. The normalized spacial score (nSPS) is 11.4. The first-order valence-electron chi connectivity index (χ1n) is 9.16. The lowest BCUT2D eigenvalue weighted by Gasteiger charge is -2.10. The van der Waals surface area contributed by atoms with Gasteiger partial charge in [0.2, 0.25) is 22.5 Å². The number of aromatic nitrogens is 3. The van der Waals surface area contributed by atoms with E-state index in [0.717, 1.165) is 0 Å². The molecule has 0 unspecified atom stereocenters. The van der Waals surface area contributed by atoms with Crippen LogP contribution < -0.4 is 0 Å². The van der Waals surface area contributed by atoms with Crippen molar-refractivity contribution in [3.05, 3.63) is 35.6 Å². The van der Waals surface area contributed by atoms with Crippen molar-refractivity contribution in [3.8, 4) is 63.0 Å². The first-order valence-corrected chi connectivity index (χ1v) is 9.54. The van der Waals surface area contributed by atoms with Gasteiger partial charge in [-0.3, -0.25) is 0 Å². The van der Waals surface area contributed by atoms with Crippen molar-refractivity contribution < 1.29 is 40.2 Å². The standard InChI is InChI=1S/C21H12ClN3O8/c22-21-24-19(6-4-2-1-3-5-6)23-20(25-21)9-12(28)10(26)7-8-11(27)14(30)15(31)16(32)18(8)33-17(7)13(9)29/h1-5,26-32H. The summed E-state index contributed by atoms with van der Waals surface area (Å²) >= 11 is 6.02. The van der Waals surface area contributed by atoms with Gasteiger partial charge in [-0.15, -0.1) is 0 Å². The van der Waals surface area contributed by atoms with E-state index < -0.39 is 67.7 Å². The Labute approximate surface area is 187 Å². The molecule has 0 amide bonds. The van der Waals surface area contributed by atoms with Crippen LogP contribution in [-0.2, 0) is 0 Å². The molecule has 12 heteroatoms. The molecule has 2 aromatic heterocycles. The van der Waals surface area contributed by atoms with Gasteiger partial charge in [0.25, 0.3) is 0 Å². The molecular formula is C21H12ClN3O8. The van der Waals surface area contributed by atoms with E-state index in [1.165, 1.54) is 0 Å². The molecule has 5 aromatic rings. The lowest BCUT2D eigenvalue weighted by molar-refractivity contribution is 0.348. The number of benzene rings is 3. The summed E-state index contributed by atoms with van der Waals surface area (Å²) in [6.45, 7) is 0.